The molecule has 1 aliphatic heterocycles. The van der Waals surface area contributed by atoms with Crippen LogP contribution in [-0.4, -0.2) is 25.5 Å². The van der Waals surface area contributed by atoms with Crippen LogP contribution >= 0.6 is 0 Å². The van der Waals surface area contributed by atoms with Gasteiger partial charge in [-0.15, -0.1) is 0 Å². The van der Waals surface area contributed by atoms with Crippen LogP contribution in [0.3, 0.4) is 0 Å². The third-order valence-electron chi connectivity index (χ3n) is 5.00. The number of Topliss-reactive ketones (excluding diaryl/α,β-unsaturated/α-hetero) is 1. The van der Waals surface area contributed by atoms with E-state index in [1.165, 1.54) is 5.56 Å². The van der Waals surface area contributed by atoms with E-state index < -0.39 is 0 Å². The number of carbonyl (C=O) groups is 1. The van der Waals surface area contributed by atoms with E-state index in [0.717, 1.165) is 24.4 Å². The summed E-state index contributed by atoms with van der Waals surface area (Å²) in [5, 5.41) is 9.46. The zero-order valence-corrected chi connectivity index (χ0v) is 14.8. The Labute approximate surface area is 148 Å². The van der Waals surface area contributed by atoms with Crippen LogP contribution in [-0.2, 0) is 0 Å². The lowest BCUT2D eigenvalue weighted by molar-refractivity contribution is 0.101. The van der Waals surface area contributed by atoms with Crippen LogP contribution in [0.2, 0.25) is 0 Å². The van der Waals surface area contributed by atoms with Crippen molar-refractivity contribution < 1.29 is 9.53 Å². The highest BCUT2D eigenvalue weighted by atomic mass is 16.5. The first-order valence-electron chi connectivity index (χ1n) is 8.49. The molecule has 0 saturated carbocycles. The Hall–Kier alpha value is -2.80. The maximum atomic E-state index is 11.7. The smallest absolute Gasteiger partial charge is 0.159 e. The van der Waals surface area contributed by atoms with Gasteiger partial charge in [-0.05, 0) is 56.2 Å². The predicted molar refractivity (Wildman–Crippen MR) is 98.3 cm³/mol. The summed E-state index contributed by atoms with van der Waals surface area (Å²) in [6, 6.07) is 16.1. The van der Waals surface area contributed by atoms with Gasteiger partial charge in [0.15, 0.2) is 5.78 Å². The summed E-state index contributed by atoms with van der Waals surface area (Å²) in [4.78, 5) is 14.0. The van der Waals surface area contributed by atoms with Crippen LogP contribution in [0, 0.1) is 11.3 Å². The highest BCUT2D eigenvalue weighted by Gasteiger charge is 2.31. The molecule has 0 bridgehead atoms. The first-order valence-corrected chi connectivity index (χ1v) is 8.49. The molecular weight excluding hydrogens is 312 g/mol. The second kappa shape index (κ2) is 6.98. The fraction of sp³-hybridized carbons (Fsp3) is 0.333. The van der Waals surface area contributed by atoms with Crippen LogP contribution < -0.4 is 9.64 Å². The number of rotatable bonds is 4. The zero-order valence-electron chi connectivity index (χ0n) is 14.8. The summed E-state index contributed by atoms with van der Waals surface area (Å²) >= 11 is 0. The number of nitrogens with zero attached hydrogens (tertiary/aromatic N) is 2. The zero-order chi connectivity index (χ0) is 18.0. The molecule has 2 aromatic rings. The van der Waals surface area contributed by atoms with Gasteiger partial charge < -0.3 is 9.64 Å². The quantitative estimate of drug-likeness (QED) is 0.788. The minimum atomic E-state index is 0.0179. The van der Waals surface area contributed by atoms with Crippen LogP contribution in [0.25, 0.3) is 0 Å². The summed E-state index contributed by atoms with van der Waals surface area (Å²) in [5.41, 5.74) is 3.40. The third-order valence-corrected chi connectivity index (χ3v) is 5.00. The lowest BCUT2D eigenvalue weighted by Crippen LogP contribution is -2.27. The Bertz CT molecular complexity index is 821. The van der Waals surface area contributed by atoms with Crippen LogP contribution in [0.5, 0.6) is 5.75 Å². The van der Waals surface area contributed by atoms with E-state index in [4.69, 9.17) is 4.74 Å². The molecule has 4 heteroatoms. The van der Waals surface area contributed by atoms with Crippen molar-refractivity contribution in [2.24, 2.45) is 0 Å². The molecule has 0 radical (unpaired) electrons. The van der Waals surface area contributed by atoms with Gasteiger partial charge in [-0.25, -0.2) is 0 Å². The minimum absolute atomic E-state index is 0.0179. The highest BCUT2D eigenvalue weighted by molar-refractivity contribution is 5.95. The Morgan fingerprint density at radius 3 is 2.56 bits per heavy atom. The van der Waals surface area contributed by atoms with Gasteiger partial charge in [0.2, 0.25) is 0 Å². The predicted octanol–water partition coefficient (Wildman–Crippen LogP) is 4.15. The van der Waals surface area contributed by atoms with Gasteiger partial charge in [-0.3, -0.25) is 4.79 Å². The molecule has 25 heavy (non-hydrogen) atoms. The monoisotopic (exact) mass is 334 g/mol. The molecule has 1 heterocycles. The maximum absolute atomic E-state index is 11.7. The highest BCUT2D eigenvalue weighted by Crippen LogP contribution is 2.37. The van der Waals surface area contributed by atoms with Gasteiger partial charge in [0.1, 0.15) is 11.8 Å². The van der Waals surface area contributed by atoms with Crippen molar-refractivity contribution in [3.63, 3.8) is 0 Å². The maximum Gasteiger partial charge on any atom is 0.159 e. The molecule has 2 atom stereocenters. The summed E-state index contributed by atoms with van der Waals surface area (Å²) in [6.45, 7) is 4.56. The third kappa shape index (κ3) is 3.36. The molecule has 2 unspecified atom stereocenters. The second-order valence-electron chi connectivity index (χ2n) is 6.61. The van der Waals surface area contributed by atoms with Crippen molar-refractivity contribution in [1.82, 2.24) is 0 Å². The average Bonchev–Trinajstić information content (AvgIpc) is 3.02. The number of methoxy groups -OCH3 is 1. The molecule has 4 nitrogen and oxygen atoms in total. The summed E-state index contributed by atoms with van der Waals surface area (Å²) < 4.78 is 5.23. The van der Waals surface area contributed by atoms with E-state index >= 15 is 0 Å². The van der Waals surface area contributed by atoms with Gasteiger partial charge in [0, 0.05) is 24.1 Å². The molecule has 128 valence electrons. The number of nitriles is 1. The number of benzene rings is 2. The van der Waals surface area contributed by atoms with E-state index in [9.17, 15) is 10.1 Å². The van der Waals surface area contributed by atoms with Gasteiger partial charge in [0.05, 0.1) is 18.4 Å². The molecule has 0 spiro atoms. The summed E-state index contributed by atoms with van der Waals surface area (Å²) in [7, 11) is 1.67. The van der Waals surface area contributed by atoms with E-state index in [1.54, 1.807) is 26.2 Å². The molecule has 1 fully saturated rings. The fourth-order valence-electron chi connectivity index (χ4n) is 3.57. The molecule has 3 rings (SSSR count). The molecule has 0 aromatic heterocycles. The number of hydrogen-bond acceptors (Lipinski definition) is 4. The number of carbonyl (C=O) groups excluding carboxylic acids is 1. The Balaban J connectivity index is 1.90. The minimum Gasteiger partial charge on any atom is -0.497 e. The van der Waals surface area contributed by atoms with Crippen LogP contribution in [0.4, 0.5) is 5.69 Å². The molecule has 1 saturated heterocycles. The molecule has 0 N–H and O–H groups in total. The largest absolute Gasteiger partial charge is 0.497 e. The Kier molecular flexibility index (Phi) is 4.76. The molecule has 1 aliphatic rings. The lowest BCUT2D eigenvalue weighted by Gasteiger charge is -2.25. The first kappa shape index (κ1) is 17.0. The molecule has 0 aliphatic carbocycles. The van der Waals surface area contributed by atoms with Crippen LogP contribution in [0.1, 0.15) is 47.7 Å². The topological polar surface area (TPSA) is 53.3 Å². The van der Waals surface area contributed by atoms with E-state index in [0.29, 0.717) is 23.1 Å². The van der Waals surface area contributed by atoms with Crippen molar-refractivity contribution in [3.05, 3.63) is 59.2 Å². The number of ketones is 1. The molecule has 2 aromatic carbocycles. The molecular formula is C21H22N2O2. The van der Waals surface area contributed by atoms with Gasteiger partial charge in [-0.2, -0.15) is 5.26 Å². The SMILES string of the molecule is COc1ccc(C2CC(C)N(c3cc(C(C)=O)ccc3C#N)C2)cc1. The second-order valence-corrected chi connectivity index (χ2v) is 6.61. The number of hydrogen-bond donors (Lipinski definition) is 0. The van der Waals surface area contributed by atoms with Gasteiger partial charge >= 0.3 is 0 Å². The van der Waals surface area contributed by atoms with Crippen molar-refractivity contribution in [1.29, 1.82) is 5.26 Å². The fourth-order valence-corrected chi connectivity index (χ4v) is 3.57. The summed E-state index contributed by atoms with van der Waals surface area (Å²) in [6.07, 6.45) is 1.02. The van der Waals surface area contributed by atoms with Crippen molar-refractivity contribution in [3.8, 4) is 11.8 Å². The van der Waals surface area contributed by atoms with Crippen molar-refractivity contribution >= 4 is 11.5 Å². The normalized spacial score (nSPS) is 19.5. The van der Waals surface area contributed by atoms with Crippen molar-refractivity contribution in [2.75, 3.05) is 18.6 Å². The number of ether oxygens (including phenoxy) is 1. The first-order chi connectivity index (χ1) is 12.0. The number of anilines is 1. The standard InChI is InChI=1S/C21H22N2O2/c1-14-10-19(16-6-8-20(25-3)9-7-16)13-23(14)21-11-17(15(2)24)4-5-18(21)12-22/h4-9,11,14,19H,10,13H2,1-3H3. The van der Waals surface area contributed by atoms with E-state index in [2.05, 4.69) is 30.0 Å². The Morgan fingerprint density at radius 2 is 1.96 bits per heavy atom. The van der Waals surface area contributed by atoms with E-state index in [1.807, 2.05) is 18.2 Å². The van der Waals surface area contributed by atoms with Gasteiger partial charge in [0.25, 0.3) is 0 Å². The van der Waals surface area contributed by atoms with E-state index in [-0.39, 0.29) is 5.78 Å². The summed E-state index contributed by atoms with van der Waals surface area (Å²) in [5.74, 6) is 1.27. The van der Waals surface area contributed by atoms with Crippen molar-refractivity contribution in [2.45, 2.75) is 32.2 Å². The Morgan fingerprint density at radius 1 is 1.24 bits per heavy atom. The lowest BCUT2D eigenvalue weighted by atomic mass is 9.97. The molecule has 0 amide bonds. The van der Waals surface area contributed by atoms with Crippen LogP contribution in [0.15, 0.2) is 42.5 Å². The average molecular weight is 334 g/mol. The van der Waals surface area contributed by atoms with Gasteiger partial charge in [-0.1, -0.05) is 12.1 Å².